The molecule has 0 N–H and O–H groups in total. The van der Waals surface area contributed by atoms with Gasteiger partial charge < -0.3 is 0 Å². The summed E-state index contributed by atoms with van der Waals surface area (Å²) in [5, 5.41) is 15.9. The number of benzene rings is 2. The fourth-order valence-electron chi connectivity index (χ4n) is 3.34. The third-order valence-electron chi connectivity index (χ3n) is 5.05. The molecule has 8 heteroatoms. The first-order valence-electron chi connectivity index (χ1n) is 10.4. The molecule has 2 aromatic carbocycles. The van der Waals surface area contributed by atoms with E-state index in [1.807, 2.05) is 51.7 Å². The van der Waals surface area contributed by atoms with Crippen LogP contribution in [0.2, 0.25) is 10.0 Å². The maximum atomic E-state index is 6.48. The first-order chi connectivity index (χ1) is 15.8. The molecule has 2 heterocycles. The molecular weight excluding hydrogens is 473 g/mol. The highest BCUT2D eigenvalue weighted by Gasteiger charge is 2.25. The minimum Gasteiger partial charge on any atom is -0.269 e. The summed E-state index contributed by atoms with van der Waals surface area (Å²) in [5.41, 5.74) is 3.51. The summed E-state index contributed by atoms with van der Waals surface area (Å²) in [6, 6.07) is 17.6. The lowest BCUT2D eigenvalue weighted by Crippen LogP contribution is -2.13. The van der Waals surface area contributed by atoms with Crippen LogP contribution in [-0.2, 0) is 12.0 Å². The van der Waals surface area contributed by atoms with Crippen molar-refractivity contribution in [3.8, 4) is 29.5 Å². The van der Waals surface area contributed by atoms with Gasteiger partial charge in [-0.3, -0.25) is 9.25 Å². The topological polar surface area (TPSA) is 48.5 Å². The van der Waals surface area contributed by atoms with Gasteiger partial charge in [-0.15, -0.1) is 16.6 Å². The zero-order chi connectivity index (χ0) is 23.6. The van der Waals surface area contributed by atoms with Crippen LogP contribution in [0.4, 0.5) is 0 Å². The van der Waals surface area contributed by atoms with Gasteiger partial charge in [0.2, 0.25) is 0 Å². The Morgan fingerprint density at radius 3 is 2.45 bits per heavy atom. The first-order valence-corrected chi connectivity index (χ1v) is 12.1. The van der Waals surface area contributed by atoms with Crippen molar-refractivity contribution in [2.45, 2.75) is 37.9 Å². The highest BCUT2D eigenvalue weighted by molar-refractivity contribution is 7.99. The number of rotatable bonds is 6. The van der Waals surface area contributed by atoms with Gasteiger partial charge in [-0.25, -0.2) is 0 Å². The number of hydrogen-bond donors (Lipinski definition) is 0. The number of para-hydroxylation sites is 1. The Hall–Kier alpha value is -2.72. The maximum absolute atomic E-state index is 6.48. The number of halogens is 2. The van der Waals surface area contributed by atoms with Crippen LogP contribution in [0.25, 0.3) is 17.2 Å². The average molecular weight is 496 g/mol. The summed E-state index contributed by atoms with van der Waals surface area (Å²) in [5.74, 6) is 3.85. The van der Waals surface area contributed by atoms with Crippen molar-refractivity contribution < 1.29 is 0 Å². The number of hydrogen-bond acceptors (Lipinski definition) is 4. The van der Waals surface area contributed by atoms with E-state index < -0.39 is 0 Å². The molecule has 0 atom stereocenters. The monoisotopic (exact) mass is 495 g/mol. The molecule has 0 bridgehead atoms. The smallest absolute Gasteiger partial charge is 0.197 e. The summed E-state index contributed by atoms with van der Waals surface area (Å²) in [7, 11) is 0. The van der Waals surface area contributed by atoms with Gasteiger partial charge in [-0.1, -0.05) is 85.9 Å². The highest BCUT2D eigenvalue weighted by Crippen LogP contribution is 2.32. The van der Waals surface area contributed by atoms with E-state index >= 15 is 0 Å². The van der Waals surface area contributed by atoms with Crippen LogP contribution in [-0.4, -0.2) is 30.3 Å². The highest BCUT2D eigenvalue weighted by atomic mass is 35.5. The van der Waals surface area contributed by atoms with Crippen molar-refractivity contribution in [3.63, 3.8) is 0 Å². The summed E-state index contributed by atoms with van der Waals surface area (Å²) >= 11 is 14.1. The van der Waals surface area contributed by atoms with Crippen LogP contribution in [0, 0.1) is 12.3 Å². The summed E-state index contributed by atoms with van der Waals surface area (Å²) in [4.78, 5) is 0. The van der Waals surface area contributed by atoms with E-state index in [0.717, 1.165) is 27.8 Å². The number of thioether (sulfide) groups is 1. The number of aromatic nitrogens is 5. The molecule has 0 aliphatic heterocycles. The SMILES string of the molecule is C#CCSc1nnc(-c2cc(C(C)(C)C)nn2Cc2ccc(Cl)cc2Cl)n1-c1ccccc1. The van der Waals surface area contributed by atoms with Crippen LogP contribution < -0.4 is 0 Å². The van der Waals surface area contributed by atoms with E-state index in [1.165, 1.54) is 11.8 Å². The molecular formula is C25H23Cl2N5S. The molecule has 0 amide bonds. The standard InChI is InChI=1S/C25H23Cl2N5S/c1-5-13-33-24-29-28-23(32(24)19-9-7-6-8-10-19)21-15-22(25(2,3)4)30-31(21)16-17-11-12-18(26)14-20(17)27/h1,6-12,14-15H,13,16H2,2-4H3. The van der Waals surface area contributed by atoms with Crippen LogP contribution in [0.1, 0.15) is 32.0 Å². The van der Waals surface area contributed by atoms with Gasteiger partial charge in [0.05, 0.1) is 18.0 Å². The Labute approximate surface area is 208 Å². The van der Waals surface area contributed by atoms with Crippen molar-refractivity contribution in [1.82, 2.24) is 24.5 Å². The van der Waals surface area contributed by atoms with Crippen molar-refractivity contribution in [2.75, 3.05) is 5.75 Å². The predicted molar refractivity (Wildman–Crippen MR) is 136 cm³/mol. The summed E-state index contributed by atoms with van der Waals surface area (Å²) in [6.07, 6.45) is 5.50. The molecule has 0 spiro atoms. The molecule has 4 rings (SSSR count). The third kappa shape index (κ3) is 5.11. The Bertz CT molecular complexity index is 1310. The predicted octanol–water partition coefficient (Wildman–Crippen LogP) is 6.51. The van der Waals surface area contributed by atoms with E-state index in [1.54, 1.807) is 6.07 Å². The molecule has 0 fully saturated rings. The van der Waals surface area contributed by atoms with E-state index in [4.69, 9.17) is 34.7 Å². The molecule has 0 unspecified atom stereocenters. The van der Waals surface area contributed by atoms with Gasteiger partial charge >= 0.3 is 0 Å². The average Bonchev–Trinajstić information content (AvgIpc) is 3.38. The second kappa shape index (κ2) is 9.64. The lowest BCUT2D eigenvalue weighted by Gasteiger charge is -2.14. The summed E-state index contributed by atoms with van der Waals surface area (Å²) in [6.45, 7) is 6.87. The molecule has 5 nitrogen and oxygen atoms in total. The quantitative estimate of drug-likeness (QED) is 0.226. The molecule has 2 aromatic heterocycles. The minimum atomic E-state index is -0.150. The van der Waals surface area contributed by atoms with Crippen LogP contribution in [0.15, 0.2) is 59.8 Å². The van der Waals surface area contributed by atoms with Gasteiger partial charge in [0.1, 0.15) is 5.69 Å². The van der Waals surface area contributed by atoms with Crippen LogP contribution in [0.3, 0.4) is 0 Å². The zero-order valence-corrected chi connectivity index (χ0v) is 20.9. The van der Waals surface area contributed by atoms with E-state index in [-0.39, 0.29) is 5.41 Å². The molecule has 33 heavy (non-hydrogen) atoms. The minimum absolute atomic E-state index is 0.150. The molecule has 0 saturated heterocycles. The van der Waals surface area contributed by atoms with Crippen molar-refractivity contribution in [2.24, 2.45) is 0 Å². The molecule has 0 aliphatic rings. The summed E-state index contributed by atoms with van der Waals surface area (Å²) < 4.78 is 3.94. The van der Waals surface area contributed by atoms with E-state index in [2.05, 4.69) is 43.0 Å². The van der Waals surface area contributed by atoms with E-state index in [9.17, 15) is 0 Å². The van der Waals surface area contributed by atoms with Gasteiger partial charge in [0, 0.05) is 21.1 Å². The zero-order valence-electron chi connectivity index (χ0n) is 18.6. The van der Waals surface area contributed by atoms with Crippen LogP contribution in [0.5, 0.6) is 0 Å². The normalized spacial score (nSPS) is 11.5. The number of nitrogens with zero attached hydrogens (tertiary/aromatic N) is 5. The Balaban J connectivity index is 1.89. The second-order valence-electron chi connectivity index (χ2n) is 8.53. The Morgan fingerprint density at radius 1 is 1.03 bits per heavy atom. The molecule has 0 aliphatic carbocycles. The lowest BCUT2D eigenvalue weighted by atomic mass is 9.92. The Kier molecular flexibility index (Phi) is 6.85. The molecule has 0 saturated carbocycles. The fourth-order valence-corrected chi connectivity index (χ4v) is 4.44. The molecule has 4 aromatic rings. The Morgan fingerprint density at radius 2 is 1.79 bits per heavy atom. The largest absolute Gasteiger partial charge is 0.269 e. The number of terminal acetylenes is 1. The second-order valence-corrected chi connectivity index (χ2v) is 10.3. The van der Waals surface area contributed by atoms with Gasteiger partial charge in [-0.05, 0) is 35.9 Å². The third-order valence-corrected chi connectivity index (χ3v) is 6.47. The van der Waals surface area contributed by atoms with Gasteiger partial charge in [-0.2, -0.15) is 5.10 Å². The molecule has 0 radical (unpaired) electrons. The maximum Gasteiger partial charge on any atom is 0.197 e. The van der Waals surface area contributed by atoms with Crippen molar-refractivity contribution in [1.29, 1.82) is 0 Å². The van der Waals surface area contributed by atoms with Gasteiger partial charge in [0.15, 0.2) is 11.0 Å². The fraction of sp³-hybridized carbons (Fsp3) is 0.240. The first kappa shape index (κ1) is 23.4. The van der Waals surface area contributed by atoms with Crippen molar-refractivity contribution >= 4 is 35.0 Å². The lowest BCUT2D eigenvalue weighted by molar-refractivity contribution is 0.545. The van der Waals surface area contributed by atoms with Gasteiger partial charge in [0.25, 0.3) is 0 Å². The molecule has 168 valence electrons. The van der Waals surface area contributed by atoms with Crippen molar-refractivity contribution in [3.05, 3.63) is 75.9 Å². The van der Waals surface area contributed by atoms with Crippen LogP contribution >= 0.6 is 35.0 Å². The van der Waals surface area contributed by atoms with E-state index in [0.29, 0.717) is 28.2 Å².